The number of morpholine rings is 1. The molecule has 0 aromatic heterocycles. The van der Waals surface area contributed by atoms with Crippen molar-refractivity contribution in [1.29, 1.82) is 5.26 Å². The highest BCUT2D eigenvalue weighted by atomic mass is 16.5. The highest BCUT2D eigenvalue weighted by Gasteiger charge is 2.23. The maximum absolute atomic E-state index is 8.85. The van der Waals surface area contributed by atoms with Crippen LogP contribution < -0.4 is 10.6 Å². The summed E-state index contributed by atoms with van der Waals surface area (Å²) in [5.74, 6) is 1.35. The van der Waals surface area contributed by atoms with E-state index in [2.05, 4.69) is 40.4 Å². The molecule has 1 aliphatic rings. The van der Waals surface area contributed by atoms with Crippen molar-refractivity contribution in [3.63, 3.8) is 0 Å². The Labute approximate surface area is 150 Å². The summed E-state index contributed by atoms with van der Waals surface area (Å²) in [6, 6.07) is 10.2. The van der Waals surface area contributed by atoms with E-state index in [1.807, 2.05) is 24.3 Å². The van der Waals surface area contributed by atoms with Crippen LogP contribution in [0, 0.1) is 17.2 Å². The molecule has 136 valence electrons. The molecule has 2 N–H and O–H groups in total. The zero-order valence-electron chi connectivity index (χ0n) is 15.5. The number of rotatable bonds is 6. The van der Waals surface area contributed by atoms with Gasteiger partial charge in [-0.15, -0.1) is 0 Å². The lowest BCUT2D eigenvalue weighted by Gasteiger charge is -2.37. The van der Waals surface area contributed by atoms with Crippen molar-refractivity contribution in [2.24, 2.45) is 10.9 Å². The lowest BCUT2D eigenvalue weighted by atomic mass is 10.0. The number of hydrogen-bond acceptors (Lipinski definition) is 4. The van der Waals surface area contributed by atoms with Crippen LogP contribution in [-0.2, 0) is 11.3 Å². The van der Waals surface area contributed by atoms with Crippen molar-refractivity contribution < 1.29 is 4.74 Å². The van der Waals surface area contributed by atoms with Gasteiger partial charge in [-0.3, -0.25) is 9.89 Å². The minimum Gasteiger partial charge on any atom is -0.379 e. The molecule has 0 bridgehead atoms. The molecule has 1 unspecified atom stereocenters. The molecule has 2 rings (SSSR count). The topological polar surface area (TPSA) is 72.7 Å². The average Bonchev–Trinajstić information content (AvgIpc) is 2.65. The summed E-state index contributed by atoms with van der Waals surface area (Å²) in [7, 11) is 1.78. The standard InChI is InChI=1S/C19H29N5O/c1-15(2)18(24-8-10-25-11-9-24)14-23-19(21-3)22-13-17-6-4-16(12-20)5-7-17/h4-7,15,18H,8-11,13-14H2,1-3H3,(H2,21,22,23). The number of nitrogens with one attached hydrogen (secondary N) is 2. The van der Waals surface area contributed by atoms with Crippen LogP contribution in [0.25, 0.3) is 0 Å². The Bertz CT molecular complexity index is 585. The van der Waals surface area contributed by atoms with Crippen molar-refractivity contribution in [2.75, 3.05) is 39.9 Å². The van der Waals surface area contributed by atoms with Gasteiger partial charge >= 0.3 is 0 Å². The van der Waals surface area contributed by atoms with E-state index in [1.54, 1.807) is 7.05 Å². The van der Waals surface area contributed by atoms with Crippen LogP contribution in [0.1, 0.15) is 25.0 Å². The zero-order chi connectivity index (χ0) is 18.1. The van der Waals surface area contributed by atoms with Gasteiger partial charge in [-0.05, 0) is 23.6 Å². The Morgan fingerprint density at radius 2 is 1.92 bits per heavy atom. The molecule has 1 aliphatic heterocycles. The monoisotopic (exact) mass is 343 g/mol. The number of guanidine groups is 1. The Morgan fingerprint density at radius 1 is 1.24 bits per heavy atom. The molecule has 0 amide bonds. The van der Waals surface area contributed by atoms with Crippen LogP contribution >= 0.6 is 0 Å². The number of nitrogens with zero attached hydrogens (tertiary/aromatic N) is 3. The van der Waals surface area contributed by atoms with Crippen LogP contribution in [0.5, 0.6) is 0 Å². The molecule has 1 fully saturated rings. The van der Waals surface area contributed by atoms with Gasteiger partial charge in [-0.25, -0.2) is 0 Å². The first-order chi connectivity index (χ1) is 12.1. The molecule has 1 atom stereocenters. The van der Waals surface area contributed by atoms with Crippen LogP contribution in [0.4, 0.5) is 0 Å². The molecular weight excluding hydrogens is 314 g/mol. The molecule has 1 aromatic rings. The third-order valence-electron chi connectivity index (χ3n) is 4.53. The largest absolute Gasteiger partial charge is 0.379 e. The van der Waals surface area contributed by atoms with Crippen LogP contribution in [0.2, 0.25) is 0 Å². The van der Waals surface area contributed by atoms with Crippen LogP contribution in [0.3, 0.4) is 0 Å². The first kappa shape index (κ1) is 19.2. The molecule has 6 nitrogen and oxygen atoms in total. The predicted octanol–water partition coefficient (Wildman–Crippen LogP) is 1.58. The van der Waals surface area contributed by atoms with Gasteiger partial charge in [-0.2, -0.15) is 5.26 Å². The molecule has 25 heavy (non-hydrogen) atoms. The number of ether oxygens (including phenoxy) is 1. The molecular formula is C19H29N5O. The van der Waals surface area contributed by atoms with E-state index in [0.717, 1.165) is 44.4 Å². The van der Waals surface area contributed by atoms with E-state index in [-0.39, 0.29) is 0 Å². The summed E-state index contributed by atoms with van der Waals surface area (Å²) in [6.45, 7) is 9.65. The Morgan fingerprint density at radius 3 is 2.48 bits per heavy atom. The first-order valence-electron chi connectivity index (χ1n) is 8.89. The Hall–Kier alpha value is -2.10. The van der Waals surface area contributed by atoms with Crippen molar-refractivity contribution in [3.05, 3.63) is 35.4 Å². The van der Waals surface area contributed by atoms with E-state index >= 15 is 0 Å². The van der Waals surface area contributed by atoms with Gasteiger partial charge in [0.1, 0.15) is 0 Å². The van der Waals surface area contributed by atoms with E-state index in [0.29, 0.717) is 24.1 Å². The highest BCUT2D eigenvalue weighted by Crippen LogP contribution is 2.12. The van der Waals surface area contributed by atoms with E-state index in [4.69, 9.17) is 10.00 Å². The summed E-state index contributed by atoms with van der Waals surface area (Å²) in [5, 5.41) is 15.6. The average molecular weight is 343 g/mol. The molecule has 6 heteroatoms. The van der Waals surface area contributed by atoms with Crippen molar-refractivity contribution in [3.8, 4) is 6.07 Å². The van der Waals surface area contributed by atoms with Gasteiger partial charge < -0.3 is 15.4 Å². The molecule has 0 spiro atoms. The lowest BCUT2D eigenvalue weighted by molar-refractivity contribution is 0.00752. The van der Waals surface area contributed by atoms with Crippen LogP contribution in [0.15, 0.2) is 29.3 Å². The fourth-order valence-corrected chi connectivity index (χ4v) is 3.00. The molecule has 0 saturated carbocycles. The Balaban J connectivity index is 1.84. The van der Waals surface area contributed by atoms with Gasteiger partial charge in [0.25, 0.3) is 0 Å². The Kier molecular flexibility index (Phi) is 7.71. The minimum absolute atomic E-state index is 0.456. The second-order valence-corrected chi connectivity index (χ2v) is 6.58. The molecule has 0 radical (unpaired) electrons. The third-order valence-corrected chi connectivity index (χ3v) is 4.53. The summed E-state index contributed by atoms with van der Waals surface area (Å²) >= 11 is 0. The van der Waals surface area contributed by atoms with E-state index < -0.39 is 0 Å². The normalized spacial score (nSPS) is 17.2. The van der Waals surface area contributed by atoms with Gasteiger partial charge in [0.15, 0.2) is 5.96 Å². The summed E-state index contributed by atoms with van der Waals surface area (Å²) in [6.07, 6.45) is 0. The minimum atomic E-state index is 0.456. The maximum atomic E-state index is 8.85. The van der Waals surface area contributed by atoms with Gasteiger partial charge in [0.05, 0.1) is 24.8 Å². The number of aliphatic imine (C=N–C) groups is 1. The summed E-state index contributed by atoms with van der Waals surface area (Å²) < 4.78 is 5.46. The smallest absolute Gasteiger partial charge is 0.191 e. The van der Waals surface area contributed by atoms with E-state index in [9.17, 15) is 0 Å². The number of benzene rings is 1. The first-order valence-corrected chi connectivity index (χ1v) is 8.89. The maximum Gasteiger partial charge on any atom is 0.191 e. The predicted molar refractivity (Wildman–Crippen MR) is 100 cm³/mol. The van der Waals surface area contributed by atoms with Gasteiger partial charge in [0.2, 0.25) is 0 Å². The third kappa shape index (κ3) is 6.04. The molecule has 1 saturated heterocycles. The van der Waals surface area contributed by atoms with Gasteiger partial charge in [-0.1, -0.05) is 26.0 Å². The van der Waals surface area contributed by atoms with E-state index in [1.165, 1.54) is 0 Å². The SMILES string of the molecule is CN=C(NCc1ccc(C#N)cc1)NCC(C(C)C)N1CCOCC1. The number of nitriles is 1. The fourth-order valence-electron chi connectivity index (χ4n) is 3.00. The lowest BCUT2D eigenvalue weighted by Crippen LogP contribution is -2.52. The van der Waals surface area contributed by atoms with Crippen molar-refractivity contribution in [2.45, 2.75) is 26.4 Å². The summed E-state index contributed by atoms with van der Waals surface area (Å²) in [4.78, 5) is 6.81. The second kappa shape index (κ2) is 10.0. The molecule has 1 heterocycles. The number of hydrogen-bond donors (Lipinski definition) is 2. The highest BCUT2D eigenvalue weighted by molar-refractivity contribution is 5.79. The molecule has 1 aromatic carbocycles. The molecule has 0 aliphatic carbocycles. The second-order valence-electron chi connectivity index (χ2n) is 6.58. The van der Waals surface area contributed by atoms with Crippen LogP contribution in [-0.4, -0.2) is 56.8 Å². The van der Waals surface area contributed by atoms with Crippen molar-refractivity contribution in [1.82, 2.24) is 15.5 Å². The van der Waals surface area contributed by atoms with Crippen molar-refractivity contribution >= 4 is 5.96 Å². The fraction of sp³-hybridized carbons (Fsp3) is 0.579. The quantitative estimate of drug-likeness (QED) is 0.606. The van der Waals surface area contributed by atoms with Gasteiger partial charge in [0, 0.05) is 39.3 Å². The summed E-state index contributed by atoms with van der Waals surface area (Å²) in [5.41, 5.74) is 1.80. The zero-order valence-corrected chi connectivity index (χ0v) is 15.5.